The minimum atomic E-state index is -0.181. The van der Waals surface area contributed by atoms with Crippen LogP contribution in [0.2, 0.25) is 0 Å². The highest BCUT2D eigenvalue weighted by atomic mass is 16.5. The monoisotopic (exact) mass is 299 g/mol. The summed E-state index contributed by atoms with van der Waals surface area (Å²) in [5.41, 5.74) is 2.02. The standard InChI is InChI=1S/C17H21N3O2/c1-12-10-16(22-19-12)17(21)18-15-8-9-20(11-15)13(2)14-6-4-3-5-7-14/h3-7,10,13,15H,8-9,11H2,1-2H3,(H,18,21). The molecule has 22 heavy (non-hydrogen) atoms. The fourth-order valence-corrected chi connectivity index (χ4v) is 2.93. The molecule has 3 rings (SSSR count). The number of nitrogens with zero attached hydrogens (tertiary/aromatic N) is 2. The summed E-state index contributed by atoms with van der Waals surface area (Å²) >= 11 is 0. The highest BCUT2D eigenvalue weighted by Crippen LogP contribution is 2.24. The molecular formula is C17H21N3O2. The van der Waals surface area contributed by atoms with Gasteiger partial charge in [0.1, 0.15) is 0 Å². The second-order valence-corrected chi connectivity index (χ2v) is 5.87. The second kappa shape index (κ2) is 6.32. The summed E-state index contributed by atoms with van der Waals surface area (Å²) in [6.07, 6.45) is 0.954. The highest BCUT2D eigenvalue weighted by Gasteiger charge is 2.28. The van der Waals surface area contributed by atoms with Crippen LogP contribution in [0.5, 0.6) is 0 Å². The van der Waals surface area contributed by atoms with Crippen LogP contribution in [0.4, 0.5) is 0 Å². The molecule has 1 aromatic carbocycles. The van der Waals surface area contributed by atoms with Crippen molar-refractivity contribution >= 4 is 5.91 Å². The molecule has 0 bridgehead atoms. The van der Waals surface area contributed by atoms with Gasteiger partial charge in [-0.25, -0.2) is 0 Å². The summed E-state index contributed by atoms with van der Waals surface area (Å²) in [6.45, 7) is 5.85. The molecule has 1 aliphatic heterocycles. The molecule has 116 valence electrons. The lowest BCUT2D eigenvalue weighted by atomic mass is 10.1. The largest absolute Gasteiger partial charge is 0.351 e. The molecule has 2 unspecified atom stereocenters. The van der Waals surface area contributed by atoms with E-state index in [1.165, 1.54) is 5.56 Å². The number of benzene rings is 1. The SMILES string of the molecule is Cc1cc(C(=O)NC2CCN(C(C)c3ccccc3)C2)on1. The van der Waals surface area contributed by atoms with E-state index in [1.807, 2.05) is 6.07 Å². The Kier molecular flexibility index (Phi) is 4.24. The summed E-state index contributed by atoms with van der Waals surface area (Å²) < 4.78 is 5.00. The van der Waals surface area contributed by atoms with Gasteiger partial charge in [0.15, 0.2) is 0 Å². The van der Waals surface area contributed by atoms with Crippen molar-refractivity contribution in [3.8, 4) is 0 Å². The average molecular weight is 299 g/mol. The Morgan fingerprint density at radius 3 is 2.86 bits per heavy atom. The first kappa shape index (κ1) is 14.8. The van der Waals surface area contributed by atoms with Crippen LogP contribution in [0, 0.1) is 6.92 Å². The van der Waals surface area contributed by atoms with Crippen LogP contribution in [-0.2, 0) is 0 Å². The van der Waals surface area contributed by atoms with Crippen molar-refractivity contribution in [2.75, 3.05) is 13.1 Å². The Balaban J connectivity index is 1.57. The van der Waals surface area contributed by atoms with Gasteiger partial charge in [0.25, 0.3) is 5.91 Å². The number of carbonyl (C=O) groups is 1. The third-order valence-electron chi connectivity index (χ3n) is 4.24. The Bertz CT molecular complexity index is 638. The maximum absolute atomic E-state index is 12.1. The molecular weight excluding hydrogens is 278 g/mol. The second-order valence-electron chi connectivity index (χ2n) is 5.87. The molecule has 0 saturated carbocycles. The Labute approximate surface area is 130 Å². The minimum Gasteiger partial charge on any atom is -0.351 e. The minimum absolute atomic E-state index is 0.157. The van der Waals surface area contributed by atoms with Gasteiger partial charge >= 0.3 is 0 Å². The van der Waals surface area contributed by atoms with Gasteiger partial charge < -0.3 is 9.84 Å². The first-order chi connectivity index (χ1) is 10.6. The van der Waals surface area contributed by atoms with E-state index in [4.69, 9.17) is 4.52 Å². The predicted octanol–water partition coefficient (Wildman–Crippen LogP) is 2.55. The van der Waals surface area contributed by atoms with Crippen molar-refractivity contribution in [1.29, 1.82) is 0 Å². The number of amides is 1. The molecule has 0 aliphatic carbocycles. The molecule has 2 heterocycles. The lowest BCUT2D eigenvalue weighted by molar-refractivity contribution is 0.0899. The maximum Gasteiger partial charge on any atom is 0.290 e. The van der Waals surface area contributed by atoms with Crippen molar-refractivity contribution in [2.24, 2.45) is 0 Å². The number of nitrogens with one attached hydrogen (secondary N) is 1. The van der Waals surface area contributed by atoms with Crippen LogP contribution >= 0.6 is 0 Å². The first-order valence-electron chi connectivity index (χ1n) is 7.66. The van der Waals surface area contributed by atoms with Crippen molar-refractivity contribution in [3.05, 3.63) is 53.4 Å². The van der Waals surface area contributed by atoms with Gasteiger partial charge in [-0.2, -0.15) is 0 Å². The molecule has 0 radical (unpaired) electrons. The Morgan fingerprint density at radius 2 is 2.18 bits per heavy atom. The van der Waals surface area contributed by atoms with Crippen LogP contribution in [0.15, 0.2) is 40.9 Å². The number of aromatic nitrogens is 1. The third kappa shape index (κ3) is 3.20. The number of hydrogen-bond acceptors (Lipinski definition) is 4. The first-order valence-corrected chi connectivity index (χ1v) is 7.66. The van der Waals surface area contributed by atoms with Gasteiger partial charge in [0.2, 0.25) is 5.76 Å². The fraction of sp³-hybridized carbons (Fsp3) is 0.412. The van der Waals surface area contributed by atoms with Crippen LogP contribution in [0.25, 0.3) is 0 Å². The van der Waals surface area contributed by atoms with Gasteiger partial charge in [0.05, 0.1) is 5.69 Å². The fourth-order valence-electron chi connectivity index (χ4n) is 2.93. The normalized spacial score (nSPS) is 20.0. The smallest absolute Gasteiger partial charge is 0.290 e. The summed E-state index contributed by atoms with van der Waals surface area (Å²) in [7, 11) is 0. The lowest BCUT2D eigenvalue weighted by Crippen LogP contribution is -2.37. The highest BCUT2D eigenvalue weighted by molar-refractivity contribution is 5.91. The van der Waals surface area contributed by atoms with Gasteiger partial charge in [-0.05, 0) is 25.8 Å². The van der Waals surface area contributed by atoms with Gasteiger partial charge in [-0.3, -0.25) is 9.69 Å². The number of carbonyl (C=O) groups excluding carboxylic acids is 1. The quantitative estimate of drug-likeness (QED) is 0.942. The van der Waals surface area contributed by atoms with E-state index >= 15 is 0 Å². The summed E-state index contributed by atoms with van der Waals surface area (Å²) in [4.78, 5) is 14.5. The van der Waals surface area contributed by atoms with E-state index < -0.39 is 0 Å². The molecule has 1 saturated heterocycles. The zero-order valence-electron chi connectivity index (χ0n) is 13.0. The van der Waals surface area contributed by atoms with E-state index in [0.717, 1.165) is 25.2 Å². The third-order valence-corrected chi connectivity index (χ3v) is 4.24. The predicted molar refractivity (Wildman–Crippen MR) is 83.5 cm³/mol. The lowest BCUT2D eigenvalue weighted by Gasteiger charge is -2.24. The van der Waals surface area contributed by atoms with Crippen molar-refractivity contribution in [2.45, 2.75) is 32.4 Å². The van der Waals surface area contributed by atoms with Crippen LogP contribution in [0.1, 0.15) is 41.2 Å². The van der Waals surface area contributed by atoms with E-state index in [0.29, 0.717) is 6.04 Å². The molecule has 1 aliphatic rings. The Morgan fingerprint density at radius 1 is 1.41 bits per heavy atom. The van der Waals surface area contributed by atoms with Crippen molar-refractivity contribution < 1.29 is 9.32 Å². The number of likely N-dealkylation sites (tertiary alicyclic amines) is 1. The molecule has 1 amide bonds. The molecule has 0 spiro atoms. The van der Waals surface area contributed by atoms with Gasteiger partial charge in [-0.15, -0.1) is 0 Å². The van der Waals surface area contributed by atoms with E-state index in [9.17, 15) is 4.79 Å². The molecule has 2 atom stereocenters. The van der Waals surface area contributed by atoms with Crippen molar-refractivity contribution in [1.82, 2.24) is 15.4 Å². The molecule has 1 aromatic heterocycles. The zero-order chi connectivity index (χ0) is 15.5. The van der Waals surface area contributed by atoms with E-state index in [2.05, 4.69) is 46.6 Å². The molecule has 5 nitrogen and oxygen atoms in total. The van der Waals surface area contributed by atoms with Crippen LogP contribution in [0.3, 0.4) is 0 Å². The molecule has 1 fully saturated rings. The van der Waals surface area contributed by atoms with Crippen LogP contribution < -0.4 is 5.32 Å². The topological polar surface area (TPSA) is 58.4 Å². The van der Waals surface area contributed by atoms with E-state index in [1.54, 1.807) is 13.0 Å². The summed E-state index contributed by atoms with van der Waals surface area (Å²) in [6, 6.07) is 12.6. The maximum atomic E-state index is 12.1. The number of rotatable bonds is 4. The average Bonchev–Trinajstić information content (AvgIpc) is 3.16. The van der Waals surface area contributed by atoms with Crippen LogP contribution in [-0.4, -0.2) is 35.1 Å². The molecule has 1 N–H and O–H groups in total. The summed E-state index contributed by atoms with van der Waals surface area (Å²) in [5.74, 6) is 0.104. The van der Waals surface area contributed by atoms with Gasteiger partial charge in [0, 0.05) is 31.2 Å². The summed E-state index contributed by atoms with van der Waals surface area (Å²) in [5, 5.41) is 6.78. The van der Waals surface area contributed by atoms with Crippen molar-refractivity contribution in [3.63, 3.8) is 0 Å². The molecule has 5 heteroatoms. The number of hydrogen-bond donors (Lipinski definition) is 1. The van der Waals surface area contributed by atoms with E-state index in [-0.39, 0.29) is 17.7 Å². The number of aryl methyl sites for hydroxylation is 1. The van der Waals surface area contributed by atoms with Gasteiger partial charge in [-0.1, -0.05) is 35.5 Å². The Hall–Kier alpha value is -2.14. The molecule has 2 aromatic rings. The zero-order valence-corrected chi connectivity index (χ0v) is 13.0.